The van der Waals surface area contributed by atoms with E-state index >= 15 is 0 Å². The van der Waals surface area contributed by atoms with Crippen LogP contribution in [0.2, 0.25) is 0 Å². The molecule has 2 aromatic rings. The molecule has 0 radical (unpaired) electrons. The number of nitrogens with one attached hydrogen (secondary N) is 1. The molecule has 2 heterocycles. The third-order valence-corrected chi connectivity index (χ3v) is 5.60. The Hall–Kier alpha value is -1.95. The van der Waals surface area contributed by atoms with Crippen molar-refractivity contribution in [2.45, 2.75) is 58.5 Å². The van der Waals surface area contributed by atoms with Crippen molar-refractivity contribution in [3.8, 4) is 11.3 Å². The Morgan fingerprint density at radius 1 is 1.10 bits per heavy atom. The number of aryl methyl sites for hydroxylation is 1. The van der Waals surface area contributed by atoms with E-state index in [1.54, 1.807) is 20.8 Å². The lowest BCUT2D eigenvalue weighted by Gasteiger charge is -2.28. The molecule has 1 saturated heterocycles. The largest absolute Gasteiger partial charge is 0.354 e. The number of hydrogen-bond acceptors (Lipinski definition) is 5. The third kappa shape index (κ3) is 5.56. The molecule has 5 heteroatoms. The number of rotatable bonds is 2. The first-order valence-electron chi connectivity index (χ1n) is 10.6. The highest BCUT2D eigenvalue weighted by Gasteiger charge is 2.29. The Balaban J connectivity index is 0.000000353. The lowest BCUT2D eigenvalue weighted by molar-refractivity contribution is -0.306. The van der Waals surface area contributed by atoms with Crippen LogP contribution in [0.3, 0.4) is 0 Å². The van der Waals surface area contributed by atoms with E-state index in [2.05, 4.69) is 65.3 Å². The summed E-state index contributed by atoms with van der Waals surface area (Å²) >= 11 is 0. The molecule has 1 aromatic heterocycles. The zero-order valence-corrected chi connectivity index (χ0v) is 18.5. The van der Waals surface area contributed by atoms with Crippen LogP contribution in [-0.4, -0.2) is 42.0 Å². The average Bonchev–Trinajstić information content (AvgIpc) is 3.03. The van der Waals surface area contributed by atoms with Gasteiger partial charge in [-0.15, -0.1) is 0 Å². The van der Waals surface area contributed by atoms with Gasteiger partial charge in [0.2, 0.25) is 0 Å². The minimum atomic E-state index is -0.403. The minimum Gasteiger partial charge on any atom is -0.354 e. The van der Waals surface area contributed by atoms with Crippen molar-refractivity contribution in [1.29, 1.82) is 0 Å². The van der Waals surface area contributed by atoms with Gasteiger partial charge in [-0.3, -0.25) is 5.26 Å². The van der Waals surface area contributed by atoms with Gasteiger partial charge >= 0.3 is 0 Å². The van der Waals surface area contributed by atoms with E-state index in [9.17, 15) is 0 Å². The Morgan fingerprint density at radius 2 is 1.79 bits per heavy atom. The fourth-order valence-corrected chi connectivity index (χ4v) is 3.82. The second-order valence-corrected chi connectivity index (χ2v) is 9.58. The molecule has 1 aliphatic carbocycles. The Bertz CT molecular complexity index is 821. The van der Waals surface area contributed by atoms with Crippen molar-refractivity contribution in [2.24, 2.45) is 0 Å². The van der Waals surface area contributed by atoms with Crippen molar-refractivity contribution in [3.05, 3.63) is 47.5 Å². The number of hydrogen-bond donors (Lipinski definition) is 2. The molecule has 1 fully saturated rings. The first-order chi connectivity index (χ1) is 13.7. The monoisotopic (exact) mass is 397 g/mol. The predicted octanol–water partition coefficient (Wildman–Crippen LogP) is 4.66. The maximum absolute atomic E-state index is 7.90. The fraction of sp³-hybridized carbons (Fsp3) is 0.542. The molecule has 0 bridgehead atoms. The summed E-state index contributed by atoms with van der Waals surface area (Å²) < 4.78 is 0. The van der Waals surface area contributed by atoms with E-state index in [1.165, 1.54) is 29.5 Å². The molecule has 0 atom stereocenters. The highest BCUT2D eigenvalue weighted by atomic mass is 17.1. The van der Waals surface area contributed by atoms with Crippen molar-refractivity contribution >= 4 is 5.82 Å². The van der Waals surface area contributed by atoms with Crippen LogP contribution in [0.1, 0.15) is 52.2 Å². The molecule has 0 unspecified atom stereocenters. The first-order valence-corrected chi connectivity index (χ1v) is 10.6. The van der Waals surface area contributed by atoms with E-state index in [0.717, 1.165) is 37.7 Å². The normalized spacial score (nSPS) is 18.1. The van der Waals surface area contributed by atoms with Gasteiger partial charge in [0.05, 0.1) is 11.3 Å². The number of fused-ring (bicyclic) bond motifs is 1. The van der Waals surface area contributed by atoms with Crippen molar-refractivity contribution in [3.63, 3.8) is 0 Å². The molecule has 29 heavy (non-hydrogen) atoms. The number of aromatic nitrogens is 1. The van der Waals surface area contributed by atoms with Gasteiger partial charge in [0.15, 0.2) is 0 Å². The van der Waals surface area contributed by atoms with Gasteiger partial charge in [0, 0.05) is 31.7 Å². The second kappa shape index (κ2) is 8.82. The number of anilines is 1. The Morgan fingerprint density at radius 3 is 2.45 bits per heavy atom. The highest BCUT2D eigenvalue weighted by Crippen LogP contribution is 2.40. The molecule has 0 saturated carbocycles. The third-order valence-electron chi connectivity index (χ3n) is 5.60. The summed E-state index contributed by atoms with van der Waals surface area (Å²) in [5.74, 6) is 1.10. The molecule has 1 aromatic carbocycles. The summed E-state index contributed by atoms with van der Waals surface area (Å²) in [5, 5.41) is 11.3. The van der Waals surface area contributed by atoms with Gasteiger partial charge in [0.25, 0.3) is 0 Å². The number of pyridine rings is 1. The lowest BCUT2D eigenvalue weighted by Crippen LogP contribution is -2.43. The Labute approximate surface area is 175 Å². The molecule has 4 rings (SSSR count). The van der Waals surface area contributed by atoms with Crippen LogP contribution in [0, 0.1) is 0 Å². The molecular formula is C24H35N3O2. The van der Waals surface area contributed by atoms with E-state index in [1.807, 2.05) is 0 Å². The highest BCUT2D eigenvalue weighted by molar-refractivity contribution is 5.64. The number of nitrogens with zero attached hydrogens (tertiary/aromatic N) is 2. The van der Waals surface area contributed by atoms with E-state index in [4.69, 9.17) is 10.2 Å². The van der Waals surface area contributed by atoms with Gasteiger partial charge < -0.3 is 10.2 Å². The quantitative estimate of drug-likeness (QED) is 0.570. The van der Waals surface area contributed by atoms with Crippen molar-refractivity contribution in [1.82, 2.24) is 10.3 Å². The zero-order valence-electron chi connectivity index (χ0n) is 18.5. The average molecular weight is 398 g/mol. The van der Waals surface area contributed by atoms with Gasteiger partial charge in [-0.05, 0) is 68.4 Å². The molecular weight excluding hydrogens is 362 g/mol. The smallest absolute Gasteiger partial charge is 0.129 e. The summed E-state index contributed by atoms with van der Waals surface area (Å²) in [4.78, 5) is 11.2. The zero-order chi connectivity index (χ0) is 21.1. The second-order valence-electron chi connectivity index (χ2n) is 9.58. The van der Waals surface area contributed by atoms with Crippen LogP contribution in [0.4, 0.5) is 5.82 Å². The van der Waals surface area contributed by atoms with Crippen LogP contribution in [0.15, 0.2) is 36.4 Å². The summed E-state index contributed by atoms with van der Waals surface area (Å²) in [6.45, 7) is 14.2. The SMILES string of the molecule is CC(C)(C)OO.CC1(C)CCc2ccc(-c3cccc(N4CCNCC4)n3)cc21. The topological polar surface area (TPSA) is 57.6 Å². The maximum atomic E-state index is 7.90. The summed E-state index contributed by atoms with van der Waals surface area (Å²) in [5.41, 5.74) is 5.24. The number of benzene rings is 1. The minimum absolute atomic E-state index is 0.293. The van der Waals surface area contributed by atoms with Crippen LogP contribution in [0.25, 0.3) is 11.3 Å². The molecule has 158 valence electrons. The standard InChI is InChI=1S/C20H25N3.C4H10O2/c1-20(2)9-8-15-6-7-16(14-17(15)20)18-4-3-5-19(22-18)23-12-10-21-11-13-23;1-4(2,3)6-5/h3-7,14,21H,8-13H2,1-2H3;5H,1-3H3. The molecule has 0 amide bonds. The molecule has 0 spiro atoms. The van der Waals surface area contributed by atoms with Crippen molar-refractivity contribution < 1.29 is 10.1 Å². The van der Waals surface area contributed by atoms with Crippen molar-refractivity contribution in [2.75, 3.05) is 31.1 Å². The van der Waals surface area contributed by atoms with Gasteiger partial charge in [0.1, 0.15) is 5.82 Å². The maximum Gasteiger partial charge on any atom is 0.129 e. The van der Waals surface area contributed by atoms with E-state index < -0.39 is 5.60 Å². The van der Waals surface area contributed by atoms with Crippen LogP contribution in [0.5, 0.6) is 0 Å². The molecule has 5 nitrogen and oxygen atoms in total. The van der Waals surface area contributed by atoms with Crippen LogP contribution < -0.4 is 10.2 Å². The fourth-order valence-electron chi connectivity index (χ4n) is 3.82. The van der Waals surface area contributed by atoms with E-state index in [0.29, 0.717) is 5.41 Å². The lowest BCUT2D eigenvalue weighted by atomic mass is 9.85. The first kappa shape index (κ1) is 21.8. The summed E-state index contributed by atoms with van der Waals surface area (Å²) in [7, 11) is 0. The number of piperazine rings is 1. The molecule has 2 aliphatic rings. The van der Waals surface area contributed by atoms with Gasteiger partial charge in [-0.25, -0.2) is 9.87 Å². The van der Waals surface area contributed by atoms with Crippen LogP contribution in [-0.2, 0) is 16.7 Å². The summed E-state index contributed by atoms with van der Waals surface area (Å²) in [6, 6.07) is 13.3. The molecule has 1 aliphatic heterocycles. The van der Waals surface area contributed by atoms with Gasteiger partial charge in [-0.2, -0.15) is 0 Å². The predicted molar refractivity (Wildman–Crippen MR) is 120 cm³/mol. The molecule has 2 N–H and O–H groups in total. The van der Waals surface area contributed by atoms with Crippen LogP contribution >= 0.6 is 0 Å². The van der Waals surface area contributed by atoms with Gasteiger partial charge in [-0.1, -0.05) is 32.0 Å². The van der Waals surface area contributed by atoms with E-state index in [-0.39, 0.29) is 0 Å². The Kier molecular flexibility index (Phi) is 6.62. The summed E-state index contributed by atoms with van der Waals surface area (Å²) in [6.07, 6.45) is 2.46.